The summed E-state index contributed by atoms with van der Waals surface area (Å²) in [5.74, 6) is -1.20. The maximum Gasteiger partial charge on any atom is 0.355 e. The third kappa shape index (κ3) is 10.2. The van der Waals surface area contributed by atoms with Crippen LogP contribution in [0.5, 0.6) is 5.75 Å². The largest absolute Gasteiger partial charge is 0.507 e. The number of phenolic OH excluding ortho intramolecular Hbond substituents is 1. The van der Waals surface area contributed by atoms with Gasteiger partial charge in [0.05, 0.1) is 28.5 Å². The molecule has 19 heteroatoms. The first-order chi connectivity index (χ1) is 35.1. The van der Waals surface area contributed by atoms with Gasteiger partial charge in [0, 0.05) is 100 Å². The third-order valence-corrected chi connectivity index (χ3v) is 13.2. The maximum absolute atomic E-state index is 15.8. The van der Waals surface area contributed by atoms with E-state index in [1.165, 1.54) is 22.8 Å². The topological polar surface area (TPSA) is 184 Å². The fourth-order valence-corrected chi connectivity index (χ4v) is 9.25. The van der Waals surface area contributed by atoms with Crippen LogP contribution in [0.3, 0.4) is 0 Å². The number of nitrogens with one attached hydrogen (secondary N) is 1. The van der Waals surface area contributed by atoms with Gasteiger partial charge in [0.15, 0.2) is 11.5 Å². The number of benzene rings is 2. The van der Waals surface area contributed by atoms with Gasteiger partial charge in [-0.1, -0.05) is 38.6 Å². The summed E-state index contributed by atoms with van der Waals surface area (Å²) in [6.45, 7) is 15.9. The Bertz CT molecular complexity index is 3460. The van der Waals surface area contributed by atoms with E-state index >= 15 is 4.39 Å². The molecule has 0 spiro atoms. The van der Waals surface area contributed by atoms with E-state index in [-0.39, 0.29) is 40.6 Å². The summed E-state index contributed by atoms with van der Waals surface area (Å²) in [6.07, 6.45) is 10.2. The molecule has 2 fully saturated rings. The second-order valence-electron chi connectivity index (χ2n) is 18.6. The second-order valence-corrected chi connectivity index (χ2v) is 18.6. The van der Waals surface area contributed by atoms with Gasteiger partial charge in [-0.25, -0.2) is 33.1 Å². The summed E-state index contributed by atoms with van der Waals surface area (Å²) in [6, 6.07) is 17.9. The minimum Gasteiger partial charge on any atom is -0.507 e. The van der Waals surface area contributed by atoms with Crippen molar-refractivity contribution in [1.82, 2.24) is 49.1 Å². The van der Waals surface area contributed by atoms with Crippen LogP contribution in [0.4, 0.5) is 26.2 Å². The van der Waals surface area contributed by atoms with Crippen LogP contribution in [-0.4, -0.2) is 125 Å². The van der Waals surface area contributed by atoms with Crippen LogP contribution in [0, 0.1) is 18.6 Å². The van der Waals surface area contributed by atoms with Gasteiger partial charge >= 0.3 is 5.69 Å². The van der Waals surface area contributed by atoms with Crippen LogP contribution >= 0.6 is 0 Å². The number of halogens is 2. The van der Waals surface area contributed by atoms with Gasteiger partial charge in [-0.05, 0) is 97.9 Å². The standard InChI is InChI=1S/C30H30F2N6O3.C24H25N7O/c1-6-23(40)36-12-13-37(18(5)15-36)28-19-14-21(32)26(24-20(31)8-7-9-22(24)39)34-29(19)38(30(41)35-28)27-17(4)10-11-33-25(27)16(2)3;1-29-7-9-31(10-8-29)23-13-18(5-6-25-23)24(32)28-22-12-20-11-17(3-4-19(20)14-26-22)21-15-27-30(2)16-21/h6-11,14,16,18,39H,1,12-13,15H2,2-5H3;3-6,11-16H,7-10H2,1-2H3,(H,26,28,32). The fraction of sp³-hybridized carbons (Fsp3) is 0.278. The van der Waals surface area contributed by atoms with Crippen LogP contribution < -0.4 is 20.8 Å². The van der Waals surface area contributed by atoms with E-state index in [4.69, 9.17) is 0 Å². The zero-order chi connectivity index (χ0) is 51.7. The number of nitrogens with zero attached hydrogens (tertiary/aromatic N) is 12. The molecular formula is C54H55F2N13O4. The van der Waals surface area contributed by atoms with E-state index in [9.17, 15) is 23.9 Å². The number of pyridine rings is 4. The lowest BCUT2D eigenvalue weighted by Gasteiger charge is -2.40. The van der Waals surface area contributed by atoms with Crippen molar-refractivity contribution in [3.05, 3.63) is 149 Å². The third-order valence-electron chi connectivity index (χ3n) is 13.2. The molecule has 8 aromatic rings. The lowest BCUT2D eigenvalue weighted by atomic mass is 10.0. The van der Waals surface area contributed by atoms with Gasteiger partial charge in [-0.15, -0.1) is 0 Å². The highest BCUT2D eigenvalue weighted by Gasteiger charge is 2.31. The first-order valence-electron chi connectivity index (χ1n) is 23.9. The van der Waals surface area contributed by atoms with E-state index < -0.39 is 34.3 Å². The molecule has 6 aromatic heterocycles. The molecule has 1 atom stereocenters. The molecule has 8 heterocycles. The van der Waals surface area contributed by atoms with Crippen molar-refractivity contribution in [2.45, 2.75) is 39.7 Å². The number of anilines is 3. The molecule has 2 aromatic carbocycles. The minimum absolute atomic E-state index is 0.0360. The Balaban J connectivity index is 0.000000185. The Morgan fingerprint density at radius 2 is 1.64 bits per heavy atom. The number of carbonyl (C=O) groups excluding carboxylic acids is 2. The molecule has 1 unspecified atom stereocenters. The molecule has 0 aliphatic carbocycles. The van der Waals surface area contributed by atoms with Crippen LogP contribution in [-0.2, 0) is 11.8 Å². The van der Waals surface area contributed by atoms with Crippen LogP contribution in [0.15, 0.2) is 115 Å². The van der Waals surface area contributed by atoms with Gasteiger partial charge in [0.2, 0.25) is 5.91 Å². The van der Waals surface area contributed by atoms with Crippen molar-refractivity contribution in [2.75, 3.05) is 68.0 Å². The van der Waals surface area contributed by atoms with Gasteiger partial charge in [0.1, 0.15) is 34.7 Å². The average molecular weight is 988 g/mol. The van der Waals surface area contributed by atoms with Gasteiger partial charge in [0.25, 0.3) is 5.91 Å². The number of likely N-dealkylation sites (N-methyl/N-ethyl adjacent to an activating group) is 1. The number of aromatic hydroxyl groups is 1. The summed E-state index contributed by atoms with van der Waals surface area (Å²) in [5.41, 5.74) is 2.96. The summed E-state index contributed by atoms with van der Waals surface area (Å²) in [4.78, 5) is 69.3. The highest BCUT2D eigenvalue weighted by molar-refractivity contribution is 6.05. The predicted molar refractivity (Wildman–Crippen MR) is 278 cm³/mol. The highest BCUT2D eigenvalue weighted by atomic mass is 19.1. The fourth-order valence-electron chi connectivity index (χ4n) is 9.25. The van der Waals surface area contributed by atoms with E-state index in [1.807, 2.05) is 70.2 Å². The zero-order valence-electron chi connectivity index (χ0n) is 41.4. The molecule has 2 N–H and O–H groups in total. The number of fused-ring (bicyclic) bond motifs is 2. The molecule has 17 nitrogen and oxygen atoms in total. The predicted octanol–water partition coefficient (Wildman–Crippen LogP) is 7.52. The number of hydrogen-bond donors (Lipinski definition) is 2. The number of aryl methyl sites for hydroxylation is 2. The molecule has 2 aliphatic heterocycles. The summed E-state index contributed by atoms with van der Waals surface area (Å²) in [5, 5.41) is 19.8. The summed E-state index contributed by atoms with van der Waals surface area (Å²) in [7, 11) is 4.02. The smallest absolute Gasteiger partial charge is 0.355 e. The molecule has 0 bridgehead atoms. The minimum atomic E-state index is -0.897. The Morgan fingerprint density at radius 3 is 2.36 bits per heavy atom. The lowest BCUT2D eigenvalue weighted by Crippen LogP contribution is -2.54. The van der Waals surface area contributed by atoms with Crippen molar-refractivity contribution in [1.29, 1.82) is 0 Å². The molecule has 0 radical (unpaired) electrons. The van der Waals surface area contributed by atoms with Crippen molar-refractivity contribution >= 4 is 51.1 Å². The summed E-state index contributed by atoms with van der Waals surface area (Å²) >= 11 is 0. The molecule has 10 rings (SSSR count). The molecular weight excluding hydrogens is 933 g/mol. The van der Waals surface area contributed by atoms with E-state index in [0.29, 0.717) is 48.0 Å². The number of carbonyl (C=O) groups is 2. The Morgan fingerprint density at radius 1 is 0.863 bits per heavy atom. The van der Waals surface area contributed by atoms with Gasteiger partial charge in [-0.3, -0.25) is 19.3 Å². The lowest BCUT2D eigenvalue weighted by molar-refractivity contribution is -0.126. The number of piperazine rings is 2. The average Bonchev–Trinajstić information content (AvgIpc) is 3.82. The number of aromatic nitrogens is 8. The SMILES string of the molecule is C=CC(=O)N1CCN(c2nc(=O)n(-c3c(C)ccnc3C(C)C)c3nc(-c4c(O)cccc4F)c(F)cc23)C(C)C1.CN1CCN(c2cc(C(=O)Nc3cc4cc(-c5cnn(C)c5)ccc4cn3)ccn2)CC1. The van der Waals surface area contributed by atoms with E-state index in [2.05, 4.69) is 70.9 Å². The van der Waals surface area contributed by atoms with E-state index in [1.54, 1.807) is 40.3 Å². The van der Waals surface area contributed by atoms with Crippen LogP contribution in [0.25, 0.3) is 49.9 Å². The first kappa shape index (κ1) is 49.5. The zero-order valence-corrected chi connectivity index (χ0v) is 41.4. The van der Waals surface area contributed by atoms with Gasteiger partial charge in [-0.2, -0.15) is 10.1 Å². The molecule has 374 valence electrons. The molecule has 0 saturated carbocycles. The number of amides is 2. The van der Waals surface area contributed by atoms with Crippen molar-refractivity contribution in [2.24, 2.45) is 7.05 Å². The number of rotatable bonds is 9. The van der Waals surface area contributed by atoms with Crippen molar-refractivity contribution in [3.8, 4) is 33.8 Å². The Hall–Kier alpha value is -8.45. The molecule has 73 heavy (non-hydrogen) atoms. The molecule has 2 aliphatic rings. The monoisotopic (exact) mass is 987 g/mol. The highest BCUT2D eigenvalue weighted by Crippen LogP contribution is 2.37. The maximum atomic E-state index is 15.8. The normalized spacial score (nSPS) is 15.1. The first-order valence-corrected chi connectivity index (χ1v) is 23.9. The number of phenols is 1. The molecule has 2 amide bonds. The molecule has 2 saturated heterocycles. The van der Waals surface area contributed by atoms with Crippen LogP contribution in [0.2, 0.25) is 0 Å². The summed E-state index contributed by atoms with van der Waals surface area (Å²) < 4.78 is 33.8. The van der Waals surface area contributed by atoms with E-state index in [0.717, 1.165) is 66.0 Å². The van der Waals surface area contributed by atoms with Crippen molar-refractivity contribution in [3.63, 3.8) is 0 Å². The Kier molecular flexibility index (Phi) is 14.1. The Labute approximate surface area is 420 Å². The quantitative estimate of drug-likeness (QED) is 0.136. The van der Waals surface area contributed by atoms with Crippen LogP contribution in [0.1, 0.15) is 48.3 Å². The van der Waals surface area contributed by atoms with Crippen molar-refractivity contribution < 1.29 is 23.5 Å². The second kappa shape index (κ2) is 20.7. The number of hydrogen-bond acceptors (Lipinski definition) is 13. The van der Waals surface area contributed by atoms with Gasteiger partial charge < -0.3 is 30.0 Å².